The fourth-order valence-electron chi connectivity index (χ4n) is 4.55. The number of carboxylic acid groups (broad SMARTS) is 1. The summed E-state index contributed by atoms with van der Waals surface area (Å²) in [6.07, 6.45) is 1.11. The van der Waals surface area contributed by atoms with Gasteiger partial charge < -0.3 is 19.3 Å². The van der Waals surface area contributed by atoms with Gasteiger partial charge in [0.25, 0.3) is 0 Å². The van der Waals surface area contributed by atoms with Gasteiger partial charge in [-0.15, -0.1) is 0 Å². The van der Waals surface area contributed by atoms with Crippen molar-refractivity contribution in [1.82, 2.24) is 4.72 Å². The second-order valence-corrected chi connectivity index (χ2v) is 9.94. The third kappa shape index (κ3) is 4.44. The summed E-state index contributed by atoms with van der Waals surface area (Å²) in [6, 6.07) is 20.5. The summed E-state index contributed by atoms with van der Waals surface area (Å²) in [5.74, 6) is 0.786. The van der Waals surface area contributed by atoms with Crippen molar-refractivity contribution in [1.29, 1.82) is 0 Å². The van der Waals surface area contributed by atoms with Crippen molar-refractivity contribution >= 4 is 16.0 Å². The SMILES string of the molecule is O=C(O)COc1cccc2c1OC1CCC(NS(=O)(=O)c3ccc(Oc4ccccc4)cc3)C21. The van der Waals surface area contributed by atoms with Crippen LogP contribution in [-0.4, -0.2) is 38.2 Å². The van der Waals surface area contributed by atoms with Gasteiger partial charge in [0.15, 0.2) is 18.1 Å². The molecule has 34 heavy (non-hydrogen) atoms. The van der Waals surface area contributed by atoms with Crippen molar-refractivity contribution in [3.63, 3.8) is 0 Å². The highest BCUT2D eigenvalue weighted by Gasteiger charge is 2.47. The van der Waals surface area contributed by atoms with Gasteiger partial charge in [0.2, 0.25) is 10.0 Å². The Hall–Kier alpha value is -3.56. The van der Waals surface area contributed by atoms with Crippen LogP contribution >= 0.6 is 0 Å². The minimum atomic E-state index is -3.78. The van der Waals surface area contributed by atoms with E-state index < -0.39 is 22.6 Å². The van der Waals surface area contributed by atoms with E-state index >= 15 is 0 Å². The Morgan fingerprint density at radius 2 is 1.71 bits per heavy atom. The third-order valence-electron chi connectivity index (χ3n) is 6.00. The van der Waals surface area contributed by atoms with Crippen molar-refractivity contribution in [2.75, 3.05) is 6.61 Å². The molecule has 5 rings (SSSR count). The highest BCUT2D eigenvalue weighted by molar-refractivity contribution is 7.89. The van der Waals surface area contributed by atoms with Gasteiger partial charge in [-0.2, -0.15) is 0 Å². The molecule has 176 valence electrons. The van der Waals surface area contributed by atoms with Gasteiger partial charge in [0, 0.05) is 17.5 Å². The molecule has 2 aliphatic rings. The van der Waals surface area contributed by atoms with E-state index in [4.69, 9.17) is 19.3 Å². The van der Waals surface area contributed by atoms with Crippen LogP contribution in [0.3, 0.4) is 0 Å². The molecule has 8 nitrogen and oxygen atoms in total. The summed E-state index contributed by atoms with van der Waals surface area (Å²) in [5, 5.41) is 8.90. The van der Waals surface area contributed by atoms with E-state index in [-0.39, 0.29) is 23.0 Å². The van der Waals surface area contributed by atoms with E-state index in [1.165, 1.54) is 12.1 Å². The second-order valence-electron chi connectivity index (χ2n) is 8.23. The molecule has 3 aromatic rings. The zero-order valence-corrected chi connectivity index (χ0v) is 18.9. The van der Waals surface area contributed by atoms with Gasteiger partial charge >= 0.3 is 5.97 Å². The Balaban J connectivity index is 1.31. The molecule has 3 atom stereocenters. The highest BCUT2D eigenvalue weighted by Crippen LogP contribution is 2.51. The molecule has 1 fully saturated rings. The molecule has 0 bridgehead atoms. The van der Waals surface area contributed by atoms with Gasteiger partial charge in [-0.25, -0.2) is 17.9 Å². The van der Waals surface area contributed by atoms with Gasteiger partial charge in [-0.3, -0.25) is 0 Å². The summed E-state index contributed by atoms with van der Waals surface area (Å²) in [7, 11) is -3.78. The Bertz CT molecular complexity index is 1290. The van der Waals surface area contributed by atoms with E-state index in [0.717, 1.165) is 5.56 Å². The van der Waals surface area contributed by atoms with Crippen LogP contribution in [0, 0.1) is 0 Å². The maximum atomic E-state index is 13.1. The van der Waals surface area contributed by atoms with Gasteiger partial charge in [0.05, 0.1) is 4.90 Å². The molecule has 3 aromatic carbocycles. The maximum Gasteiger partial charge on any atom is 0.341 e. The molecule has 3 unspecified atom stereocenters. The average molecular weight is 482 g/mol. The number of rotatable bonds is 8. The standard InChI is InChI=1S/C25H23NO7S/c27-23(28)15-31-22-8-4-7-19-24-20(13-14-21(24)33-25(19)22)26-34(29,30)18-11-9-17(10-12-18)32-16-5-2-1-3-6-16/h1-12,20-21,24,26H,13-15H2,(H,27,28). The van der Waals surface area contributed by atoms with Crippen LogP contribution in [0.5, 0.6) is 23.0 Å². The molecule has 1 heterocycles. The zero-order valence-electron chi connectivity index (χ0n) is 18.1. The first kappa shape index (κ1) is 22.2. The minimum absolute atomic E-state index is 0.147. The van der Waals surface area contributed by atoms with Crippen LogP contribution < -0.4 is 18.9 Å². The first-order chi connectivity index (χ1) is 16.4. The van der Waals surface area contributed by atoms with Crippen LogP contribution in [0.1, 0.15) is 24.3 Å². The molecule has 1 aliphatic carbocycles. The van der Waals surface area contributed by atoms with Gasteiger partial charge in [-0.05, 0) is 55.3 Å². The topological polar surface area (TPSA) is 111 Å². The monoisotopic (exact) mass is 481 g/mol. The van der Waals surface area contributed by atoms with E-state index in [9.17, 15) is 13.2 Å². The molecule has 1 saturated carbocycles. The Morgan fingerprint density at radius 1 is 0.971 bits per heavy atom. The number of carboxylic acids is 1. The number of aliphatic carboxylic acids is 1. The molecule has 0 saturated heterocycles. The van der Waals surface area contributed by atoms with Crippen molar-refractivity contribution in [2.45, 2.75) is 35.8 Å². The van der Waals surface area contributed by atoms with Gasteiger partial charge in [-0.1, -0.05) is 30.3 Å². The zero-order chi connectivity index (χ0) is 23.7. The fourth-order valence-corrected chi connectivity index (χ4v) is 5.84. The molecular formula is C25H23NO7S. The summed E-state index contributed by atoms with van der Waals surface area (Å²) in [5.41, 5.74) is 0.824. The average Bonchev–Trinajstić information content (AvgIpc) is 3.39. The number of carbonyl (C=O) groups is 1. The summed E-state index contributed by atoms with van der Waals surface area (Å²) in [6.45, 7) is -0.477. The number of hydrogen-bond donors (Lipinski definition) is 2. The predicted molar refractivity (Wildman–Crippen MR) is 123 cm³/mol. The Labute approximate surface area is 197 Å². The molecule has 9 heteroatoms. The maximum absolute atomic E-state index is 13.1. The number of nitrogens with one attached hydrogen (secondary N) is 1. The van der Waals surface area contributed by atoms with Crippen molar-refractivity contribution < 1.29 is 32.5 Å². The summed E-state index contributed by atoms with van der Waals surface area (Å²) in [4.78, 5) is 11.0. The normalized spacial score (nSPS) is 20.8. The molecular weight excluding hydrogens is 458 g/mol. The first-order valence-electron chi connectivity index (χ1n) is 10.9. The summed E-state index contributed by atoms with van der Waals surface area (Å²) < 4.78 is 46.2. The van der Waals surface area contributed by atoms with Crippen molar-refractivity contribution in [3.05, 3.63) is 78.4 Å². The smallest absolute Gasteiger partial charge is 0.341 e. The first-order valence-corrected chi connectivity index (χ1v) is 12.4. The molecule has 2 N–H and O–H groups in total. The van der Waals surface area contributed by atoms with Crippen molar-refractivity contribution in [2.24, 2.45) is 0 Å². The van der Waals surface area contributed by atoms with Crippen LogP contribution in [-0.2, 0) is 14.8 Å². The van der Waals surface area contributed by atoms with Crippen LogP contribution in [0.4, 0.5) is 0 Å². The molecule has 0 aromatic heterocycles. The molecule has 0 radical (unpaired) electrons. The molecule has 0 amide bonds. The largest absolute Gasteiger partial charge is 0.486 e. The fraction of sp³-hybridized carbons (Fsp3) is 0.240. The Kier molecular flexibility index (Phi) is 5.89. The van der Waals surface area contributed by atoms with Gasteiger partial charge in [0.1, 0.15) is 17.6 Å². The van der Waals surface area contributed by atoms with E-state index in [1.54, 1.807) is 24.3 Å². The minimum Gasteiger partial charge on any atom is -0.486 e. The van der Waals surface area contributed by atoms with E-state index in [1.807, 2.05) is 36.4 Å². The lowest BCUT2D eigenvalue weighted by molar-refractivity contribution is -0.139. The number of ether oxygens (including phenoxy) is 3. The van der Waals surface area contributed by atoms with Crippen LogP contribution in [0.2, 0.25) is 0 Å². The quantitative estimate of drug-likeness (QED) is 0.501. The molecule has 1 aliphatic heterocycles. The second kappa shape index (κ2) is 9.00. The number of sulfonamides is 1. The third-order valence-corrected chi connectivity index (χ3v) is 7.51. The number of benzene rings is 3. The number of fused-ring (bicyclic) bond motifs is 3. The van der Waals surface area contributed by atoms with E-state index in [2.05, 4.69) is 4.72 Å². The Morgan fingerprint density at radius 3 is 2.44 bits per heavy atom. The number of hydrogen-bond acceptors (Lipinski definition) is 6. The summed E-state index contributed by atoms with van der Waals surface area (Å²) >= 11 is 0. The van der Waals surface area contributed by atoms with Crippen LogP contribution in [0.25, 0.3) is 0 Å². The lowest BCUT2D eigenvalue weighted by Crippen LogP contribution is -2.37. The van der Waals surface area contributed by atoms with E-state index in [0.29, 0.717) is 35.8 Å². The van der Waals surface area contributed by atoms with Crippen molar-refractivity contribution in [3.8, 4) is 23.0 Å². The predicted octanol–water partition coefficient (Wildman–Crippen LogP) is 3.93. The number of para-hydroxylation sites is 2. The lowest BCUT2D eigenvalue weighted by Gasteiger charge is -2.20. The lowest BCUT2D eigenvalue weighted by atomic mass is 9.94. The van der Waals surface area contributed by atoms with Crippen LogP contribution in [0.15, 0.2) is 77.7 Å². The molecule has 0 spiro atoms. The highest BCUT2D eigenvalue weighted by atomic mass is 32.2.